The summed E-state index contributed by atoms with van der Waals surface area (Å²) in [5, 5.41) is 8.73. The Kier molecular flexibility index (Phi) is 5.48. The van der Waals surface area contributed by atoms with Gasteiger partial charge in [-0.3, -0.25) is 9.59 Å². The molecule has 0 saturated heterocycles. The van der Waals surface area contributed by atoms with Crippen molar-refractivity contribution in [1.29, 1.82) is 0 Å². The van der Waals surface area contributed by atoms with Crippen LogP contribution in [-0.2, 0) is 4.79 Å². The SMILES string of the molecule is O=C(CNC(=O)c1cccs1)N/N=C\c1ccc(Cl)cc1. The average molecular weight is 322 g/mol. The zero-order valence-corrected chi connectivity index (χ0v) is 12.4. The van der Waals surface area contributed by atoms with Gasteiger partial charge in [0.1, 0.15) is 0 Å². The number of rotatable bonds is 5. The number of nitrogens with zero attached hydrogens (tertiary/aromatic N) is 1. The van der Waals surface area contributed by atoms with Crippen molar-refractivity contribution < 1.29 is 9.59 Å². The van der Waals surface area contributed by atoms with E-state index in [0.29, 0.717) is 9.90 Å². The third-order valence-corrected chi connectivity index (χ3v) is 3.55. The van der Waals surface area contributed by atoms with E-state index in [0.717, 1.165) is 5.56 Å². The lowest BCUT2D eigenvalue weighted by Gasteiger charge is -2.02. The highest BCUT2D eigenvalue weighted by Gasteiger charge is 2.07. The molecule has 0 unspecified atom stereocenters. The summed E-state index contributed by atoms with van der Waals surface area (Å²) in [6.07, 6.45) is 1.50. The maximum Gasteiger partial charge on any atom is 0.261 e. The van der Waals surface area contributed by atoms with Crippen molar-refractivity contribution in [3.63, 3.8) is 0 Å². The predicted octanol–water partition coefficient (Wildman–Crippen LogP) is 2.28. The van der Waals surface area contributed by atoms with E-state index in [-0.39, 0.29) is 12.5 Å². The van der Waals surface area contributed by atoms with Crippen LogP contribution in [0.15, 0.2) is 46.9 Å². The van der Waals surface area contributed by atoms with Crippen molar-refractivity contribution in [2.75, 3.05) is 6.54 Å². The number of nitrogens with one attached hydrogen (secondary N) is 2. The van der Waals surface area contributed by atoms with Crippen LogP contribution >= 0.6 is 22.9 Å². The van der Waals surface area contributed by atoms with E-state index in [1.54, 1.807) is 41.8 Å². The molecule has 1 aromatic carbocycles. The molecule has 2 N–H and O–H groups in total. The molecule has 2 amide bonds. The van der Waals surface area contributed by atoms with Gasteiger partial charge in [-0.1, -0.05) is 29.8 Å². The summed E-state index contributed by atoms with van der Waals surface area (Å²) in [6.45, 7) is -0.130. The molecule has 7 heteroatoms. The van der Waals surface area contributed by atoms with E-state index >= 15 is 0 Å². The zero-order chi connectivity index (χ0) is 15.1. The number of hydrogen-bond donors (Lipinski definition) is 2. The van der Waals surface area contributed by atoms with Crippen molar-refractivity contribution in [2.24, 2.45) is 5.10 Å². The van der Waals surface area contributed by atoms with Gasteiger partial charge in [-0.25, -0.2) is 5.43 Å². The molecule has 1 heterocycles. The highest BCUT2D eigenvalue weighted by molar-refractivity contribution is 7.12. The highest BCUT2D eigenvalue weighted by atomic mass is 35.5. The molecule has 0 aliphatic rings. The van der Waals surface area contributed by atoms with Gasteiger partial charge in [-0.15, -0.1) is 11.3 Å². The average Bonchev–Trinajstić information content (AvgIpc) is 3.01. The first-order valence-corrected chi connectivity index (χ1v) is 7.30. The molecule has 0 fully saturated rings. The summed E-state index contributed by atoms with van der Waals surface area (Å²) in [5.74, 6) is -0.674. The fourth-order valence-corrected chi connectivity index (χ4v) is 2.19. The van der Waals surface area contributed by atoms with E-state index in [9.17, 15) is 9.59 Å². The summed E-state index contributed by atoms with van der Waals surface area (Å²) in [4.78, 5) is 23.7. The van der Waals surface area contributed by atoms with Gasteiger partial charge in [0, 0.05) is 5.02 Å². The Morgan fingerprint density at radius 3 is 2.67 bits per heavy atom. The smallest absolute Gasteiger partial charge is 0.261 e. The van der Waals surface area contributed by atoms with Gasteiger partial charge in [0.15, 0.2) is 0 Å². The van der Waals surface area contributed by atoms with Crippen LogP contribution < -0.4 is 10.7 Å². The molecule has 2 aromatic rings. The van der Waals surface area contributed by atoms with E-state index in [1.807, 2.05) is 0 Å². The standard InChI is InChI=1S/C14H12ClN3O2S/c15-11-5-3-10(4-6-11)8-17-18-13(19)9-16-14(20)12-2-1-7-21-12/h1-8H,9H2,(H,16,20)(H,18,19)/b17-8-. The first kappa shape index (κ1) is 15.2. The number of halogens is 1. The molecular formula is C14H12ClN3O2S. The summed E-state index contributed by atoms with van der Waals surface area (Å²) in [5.41, 5.74) is 3.14. The Morgan fingerprint density at radius 1 is 1.24 bits per heavy atom. The topological polar surface area (TPSA) is 70.6 Å². The van der Waals surface area contributed by atoms with Crippen LogP contribution in [0, 0.1) is 0 Å². The van der Waals surface area contributed by atoms with Crippen molar-refractivity contribution >= 4 is 41.0 Å². The Bertz CT molecular complexity index is 639. The van der Waals surface area contributed by atoms with Crippen molar-refractivity contribution in [3.05, 3.63) is 57.2 Å². The van der Waals surface area contributed by atoms with E-state index in [1.165, 1.54) is 17.6 Å². The second-order valence-electron chi connectivity index (χ2n) is 4.00. The molecule has 0 radical (unpaired) electrons. The fraction of sp³-hybridized carbons (Fsp3) is 0.0714. The number of carbonyl (C=O) groups excluding carboxylic acids is 2. The van der Waals surface area contributed by atoms with Crippen LogP contribution in [-0.4, -0.2) is 24.6 Å². The molecule has 1 aromatic heterocycles. The van der Waals surface area contributed by atoms with Crippen LogP contribution in [0.1, 0.15) is 15.2 Å². The molecule has 0 saturated carbocycles. The number of thiophene rings is 1. The molecule has 0 aliphatic heterocycles. The largest absolute Gasteiger partial charge is 0.342 e. The number of hydrazone groups is 1. The first-order chi connectivity index (χ1) is 10.1. The Balaban J connectivity index is 1.74. The van der Waals surface area contributed by atoms with E-state index in [2.05, 4.69) is 15.8 Å². The van der Waals surface area contributed by atoms with Crippen LogP contribution in [0.25, 0.3) is 0 Å². The zero-order valence-electron chi connectivity index (χ0n) is 10.9. The lowest BCUT2D eigenvalue weighted by molar-refractivity contribution is -0.120. The first-order valence-electron chi connectivity index (χ1n) is 6.04. The summed E-state index contributed by atoms with van der Waals surface area (Å²) in [7, 11) is 0. The normalized spacial score (nSPS) is 10.5. The minimum Gasteiger partial charge on any atom is -0.342 e. The summed E-state index contributed by atoms with van der Waals surface area (Å²) in [6, 6.07) is 10.5. The second-order valence-corrected chi connectivity index (χ2v) is 5.39. The fourth-order valence-electron chi connectivity index (χ4n) is 1.42. The molecule has 0 atom stereocenters. The molecular weight excluding hydrogens is 310 g/mol. The molecule has 108 valence electrons. The molecule has 0 spiro atoms. The van der Waals surface area contributed by atoms with Gasteiger partial charge in [0.2, 0.25) is 0 Å². The summed E-state index contributed by atoms with van der Waals surface area (Å²) >= 11 is 7.07. The van der Waals surface area contributed by atoms with Gasteiger partial charge in [-0.05, 0) is 29.1 Å². The van der Waals surface area contributed by atoms with Crippen molar-refractivity contribution in [2.45, 2.75) is 0 Å². The quantitative estimate of drug-likeness (QED) is 0.655. The molecule has 5 nitrogen and oxygen atoms in total. The lowest BCUT2D eigenvalue weighted by atomic mass is 10.2. The lowest BCUT2D eigenvalue weighted by Crippen LogP contribution is -2.34. The Hall–Kier alpha value is -2.18. The second kappa shape index (κ2) is 7.56. The molecule has 0 aliphatic carbocycles. The number of amides is 2. The predicted molar refractivity (Wildman–Crippen MR) is 83.8 cm³/mol. The van der Waals surface area contributed by atoms with Gasteiger partial charge in [0.25, 0.3) is 11.8 Å². The molecule has 2 rings (SSSR count). The maximum atomic E-state index is 11.6. The maximum absolute atomic E-state index is 11.6. The van der Waals surface area contributed by atoms with Gasteiger partial charge in [0.05, 0.1) is 17.6 Å². The minimum absolute atomic E-state index is 0.130. The van der Waals surface area contributed by atoms with Crippen LogP contribution in [0.2, 0.25) is 5.02 Å². The third kappa shape index (κ3) is 5.02. The number of benzene rings is 1. The minimum atomic E-state index is -0.398. The van der Waals surface area contributed by atoms with Crippen molar-refractivity contribution in [3.8, 4) is 0 Å². The van der Waals surface area contributed by atoms with E-state index < -0.39 is 5.91 Å². The van der Waals surface area contributed by atoms with E-state index in [4.69, 9.17) is 11.6 Å². The number of hydrogen-bond acceptors (Lipinski definition) is 4. The molecule has 0 bridgehead atoms. The van der Waals surface area contributed by atoms with Crippen LogP contribution in [0.3, 0.4) is 0 Å². The molecule has 21 heavy (non-hydrogen) atoms. The van der Waals surface area contributed by atoms with Crippen LogP contribution in [0.5, 0.6) is 0 Å². The van der Waals surface area contributed by atoms with Gasteiger partial charge < -0.3 is 5.32 Å². The summed E-state index contributed by atoms with van der Waals surface area (Å²) < 4.78 is 0. The highest BCUT2D eigenvalue weighted by Crippen LogP contribution is 2.08. The number of carbonyl (C=O) groups is 2. The Morgan fingerprint density at radius 2 is 2.00 bits per heavy atom. The van der Waals surface area contributed by atoms with Crippen molar-refractivity contribution in [1.82, 2.24) is 10.7 Å². The van der Waals surface area contributed by atoms with Crippen LogP contribution in [0.4, 0.5) is 0 Å². The van der Waals surface area contributed by atoms with Gasteiger partial charge in [-0.2, -0.15) is 5.10 Å². The third-order valence-electron chi connectivity index (χ3n) is 2.43. The monoisotopic (exact) mass is 321 g/mol. The van der Waals surface area contributed by atoms with Gasteiger partial charge >= 0.3 is 0 Å². The Labute approximate surface area is 130 Å².